The number of aliphatic hydroxyl groups is 11. The predicted molar refractivity (Wildman–Crippen MR) is 465 cm³/mol. The van der Waals surface area contributed by atoms with Crippen LogP contribution in [0, 0.1) is 0 Å². The van der Waals surface area contributed by atoms with Crippen molar-refractivity contribution < 1.29 is 89.4 Å². The third-order valence-corrected chi connectivity index (χ3v) is 21.3. The molecule has 17 atom stereocenters. The summed E-state index contributed by atoms with van der Waals surface area (Å²) in [6.07, 6.45) is 82.5. The fourth-order valence-electron chi connectivity index (χ4n) is 14.2. The van der Waals surface area contributed by atoms with E-state index in [0.717, 1.165) is 109 Å². The van der Waals surface area contributed by atoms with Crippen LogP contribution in [0.5, 0.6) is 0 Å². The highest BCUT2D eigenvalue weighted by Crippen LogP contribution is 2.33. The number of amides is 1. The van der Waals surface area contributed by atoms with Gasteiger partial charge in [-0.1, -0.05) is 345 Å². The van der Waals surface area contributed by atoms with Crippen LogP contribution in [-0.2, 0) is 33.2 Å². The normalized spacial score (nSPS) is 25.4. The lowest BCUT2D eigenvalue weighted by molar-refractivity contribution is -0.379. The number of rotatable bonds is 71. The molecule has 0 aromatic rings. The molecule has 3 fully saturated rings. The van der Waals surface area contributed by atoms with Crippen LogP contribution in [0.3, 0.4) is 0 Å². The summed E-state index contributed by atoms with van der Waals surface area (Å²) in [5.41, 5.74) is 0. The number of unbranched alkanes of at least 4 members (excludes halogenated alkanes) is 31. The summed E-state index contributed by atoms with van der Waals surface area (Å²) in [6.45, 7) is 1.60. The monoisotopic (exact) mass is 1620 g/mol. The first-order valence-corrected chi connectivity index (χ1v) is 45.2. The summed E-state index contributed by atoms with van der Waals surface area (Å²) < 4.78 is 34.5. The highest BCUT2D eigenvalue weighted by atomic mass is 16.8. The molecule has 12 N–H and O–H groups in total. The molecule has 658 valence electrons. The quantitative estimate of drug-likeness (QED) is 0.0199. The minimum absolute atomic E-state index is 0.185. The van der Waals surface area contributed by atoms with Gasteiger partial charge in [0.15, 0.2) is 18.9 Å². The Morgan fingerprint density at radius 1 is 0.322 bits per heavy atom. The lowest BCUT2D eigenvalue weighted by atomic mass is 9.96. The van der Waals surface area contributed by atoms with Gasteiger partial charge in [-0.15, -0.1) is 0 Å². The average Bonchev–Trinajstić information content (AvgIpc) is 0.779. The van der Waals surface area contributed by atoms with Gasteiger partial charge in [0.05, 0.1) is 38.6 Å². The Hall–Kier alpha value is -4.59. The molecule has 19 heteroatoms. The van der Waals surface area contributed by atoms with E-state index in [1.165, 1.54) is 167 Å². The molecular weight excluding hydrogens is 1460 g/mol. The van der Waals surface area contributed by atoms with Crippen LogP contribution < -0.4 is 5.32 Å². The molecule has 3 rings (SSSR count). The number of ether oxygens (including phenoxy) is 6. The molecular formula is C96H161NO18. The topological polar surface area (TPSA) is 307 Å². The maximum Gasteiger partial charge on any atom is 0.220 e. The molecule has 3 aliphatic heterocycles. The van der Waals surface area contributed by atoms with E-state index in [4.69, 9.17) is 28.4 Å². The van der Waals surface area contributed by atoms with Gasteiger partial charge in [-0.25, -0.2) is 0 Å². The third-order valence-electron chi connectivity index (χ3n) is 21.3. The predicted octanol–water partition coefficient (Wildman–Crippen LogP) is 17.5. The first-order chi connectivity index (χ1) is 56.3. The Morgan fingerprint density at radius 3 is 0.974 bits per heavy atom. The molecule has 1 amide bonds. The number of allylic oxidation sites excluding steroid dienone is 25. The van der Waals surface area contributed by atoms with Gasteiger partial charge >= 0.3 is 0 Å². The van der Waals surface area contributed by atoms with Crippen molar-refractivity contribution in [2.75, 3.05) is 26.4 Å². The van der Waals surface area contributed by atoms with Crippen molar-refractivity contribution >= 4 is 5.91 Å². The largest absolute Gasteiger partial charge is 0.394 e. The molecule has 0 aliphatic carbocycles. The van der Waals surface area contributed by atoms with Gasteiger partial charge in [-0.05, 0) is 116 Å². The van der Waals surface area contributed by atoms with Crippen LogP contribution in [-0.4, -0.2) is 193 Å². The lowest BCUT2D eigenvalue weighted by Crippen LogP contribution is -2.66. The molecule has 0 aromatic heterocycles. The van der Waals surface area contributed by atoms with Gasteiger partial charge in [-0.3, -0.25) is 4.79 Å². The van der Waals surface area contributed by atoms with E-state index >= 15 is 0 Å². The van der Waals surface area contributed by atoms with Crippen molar-refractivity contribution in [3.05, 3.63) is 158 Å². The highest BCUT2D eigenvalue weighted by Gasteiger charge is 2.54. The SMILES string of the molecule is CC/C=C\C/C=C\C/C=C\C/C=C\C/C=C\C/C=C\C/C=C\C/C=C\C/C=C\C/C=C\C/C=C\CCCCCC(=O)NC(COC1OC(CO)C(OC2OC(CO)C(OC3OC(CO)C(O)C(O)C3O)C(O)C2O)C(O)C1O)C(O)/C=C/CC/C=C/CCCCCCCCCCCCCCCCCCCCCCCCCCCCC. The lowest BCUT2D eigenvalue weighted by Gasteiger charge is -2.48. The molecule has 0 bridgehead atoms. The van der Waals surface area contributed by atoms with E-state index in [1.807, 2.05) is 6.08 Å². The number of carbonyl (C=O) groups is 1. The van der Waals surface area contributed by atoms with E-state index in [1.54, 1.807) is 6.08 Å². The molecule has 0 aromatic carbocycles. The summed E-state index contributed by atoms with van der Waals surface area (Å²) in [5, 5.41) is 121. The van der Waals surface area contributed by atoms with E-state index in [0.29, 0.717) is 12.8 Å². The van der Waals surface area contributed by atoms with E-state index < -0.39 is 131 Å². The molecule has 0 saturated carbocycles. The summed E-state index contributed by atoms with van der Waals surface area (Å²) in [6, 6.07) is -1.02. The molecule has 0 radical (unpaired) electrons. The third kappa shape index (κ3) is 51.6. The maximum absolute atomic E-state index is 13.5. The molecule has 0 spiro atoms. The first-order valence-electron chi connectivity index (χ1n) is 45.2. The number of hydrogen-bond donors (Lipinski definition) is 12. The average molecular weight is 1620 g/mol. The Labute approximate surface area is 695 Å². The zero-order valence-electron chi connectivity index (χ0n) is 71.0. The fraction of sp³-hybridized carbons (Fsp3) is 0.719. The summed E-state index contributed by atoms with van der Waals surface area (Å²) in [5.74, 6) is -0.321. The standard InChI is InChI=1S/C96H161NO18/c1-3-5-7-9-11-13-15-17-19-21-23-25-27-29-31-33-35-37-38-39-40-42-44-46-48-50-52-54-56-58-60-62-64-66-68-70-72-74-84(102)97-79(80(101)73-71-69-67-65-63-61-59-57-55-53-51-49-47-45-43-41-36-34-32-30-28-26-24-22-20-18-16-14-12-10-8-6-4-2)78-110-94-90(108)87(105)92(82(76-99)112-94)115-96-91(109)88(106)93(83(77-100)113-96)114-95-89(107)86(104)85(103)81(75-98)111-95/h5,7,11,13,17,19,23,25,29,31,35,37,39-40,44,46,50,52,56,58,62-65,71,73,79-83,85-96,98-101,103-109H,3-4,6,8-10,12,14-16,18,20-22,24,26-28,30,32-34,36,38,41-43,45,47-49,51,53-55,57,59-61,66-70,72,74-78H2,1-2H3,(H,97,102)/b7-5-,13-11-,19-17-,25-23-,31-29-,37-35-,40-39-,46-44-,52-50-,58-56-,64-62-,65-63+,73-71+. The van der Waals surface area contributed by atoms with Gasteiger partial charge < -0.3 is 89.9 Å². The van der Waals surface area contributed by atoms with Crippen molar-refractivity contribution in [3.63, 3.8) is 0 Å². The second-order valence-electron chi connectivity index (χ2n) is 31.3. The van der Waals surface area contributed by atoms with E-state index in [-0.39, 0.29) is 12.3 Å². The van der Waals surface area contributed by atoms with Crippen LogP contribution in [0.25, 0.3) is 0 Å². The smallest absolute Gasteiger partial charge is 0.220 e. The number of carbonyl (C=O) groups excluding carboxylic acids is 1. The summed E-state index contributed by atoms with van der Waals surface area (Å²) >= 11 is 0. The fourth-order valence-corrected chi connectivity index (χ4v) is 14.2. The van der Waals surface area contributed by atoms with Gasteiger partial charge in [0.1, 0.15) is 73.2 Å². The van der Waals surface area contributed by atoms with Crippen LogP contribution in [0.1, 0.15) is 309 Å². The second kappa shape index (κ2) is 73.3. The summed E-state index contributed by atoms with van der Waals surface area (Å²) in [7, 11) is 0. The molecule has 3 aliphatic rings. The van der Waals surface area contributed by atoms with Crippen molar-refractivity contribution in [1.82, 2.24) is 5.32 Å². The molecule has 3 saturated heterocycles. The van der Waals surface area contributed by atoms with Gasteiger partial charge in [-0.2, -0.15) is 0 Å². The van der Waals surface area contributed by atoms with E-state index in [9.17, 15) is 61.0 Å². The minimum atomic E-state index is -1.99. The zero-order chi connectivity index (χ0) is 83.1. The maximum atomic E-state index is 13.5. The van der Waals surface area contributed by atoms with Crippen LogP contribution in [0.15, 0.2) is 158 Å². The highest BCUT2D eigenvalue weighted by molar-refractivity contribution is 5.76. The Balaban J connectivity index is 1.37. The van der Waals surface area contributed by atoms with Gasteiger partial charge in [0.2, 0.25) is 5.91 Å². The number of nitrogens with one attached hydrogen (secondary N) is 1. The van der Waals surface area contributed by atoms with Crippen LogP contribution >= 0.6 is 0 Å². The van der Waals surface area contributed by atoms with Crippen LogP contribution in [0.2, 0.25) is 0 Å². The number of hydrogen-bond acceptors (Lipinski definition) is 18. The van der Waals surface area contributed by atoms with Gasteiger partial charge in [0, 0.05) is 6.42 Å². The molecule has 3 heterocycles. The second-order valence-corrected chi connectivity index (χ2v) is 31.3. The minimum Gasteiger partial charge on any atom is -0.394 e. The van der Waals surface area contributed by atoms with E-state index in [2.05, 4.69) is 165 Å². The summed E-state index contributed by atoms with van der Waals surface area (Å²) in [4.78, 5) is 13.5. The zero-order valence-corrected chi connectivity index (χ0v) is 71.0. The number of aliphatic hydroxyl groups excluding tert-OH is 11. The van der Waals surface area contributed by atoms with Gasteiger partial charge in [0.25, 0.3) is 0 Å². The molecule has 19 nitrogen and oxygen atoms in total. The van der Waals surface area contributed by atoms with Crippen molar-refractivity contribution in [1.29, 1.82) is 0 Å². The Kier molecular flexibility index (Phi) is 66.7. The molecule has 17 unspecified atom stereocenters. The van der Waals surface area contributed by atoms with Crippen molar-refractivity contribution in [2.45, 2.75) is 413 Å². The van der Waals surface area contributed by atoms with Crippen molar-refractivity contribution in [3.8, 4) is 0 Å². The Bertz CT molecular complexity index is 2700. The van der Waals surface area contributed by atoms with Crippen LogP contribution in [0.4, 0.5) is 0 Å². The Morgan fingerprint density at radius 2 is 0.609 bits per heavy atom. The molecule has 115 heavy (non-hydrogen) atoms. The first kappa shape index (κ1) is 105. The van der Waals surface area contributed by atoms with Crippen molar-refractivity contribution in [2.24, 2.45) is 0 Å².